The summed E-state index contributed by atoms with van der Waals surface area (Å²) < 4.78 is 2.05. The molecule has 0 unspecified atom stereocenters. The number of benzene rings is 5. The lowest BCUT2D eigenvalue weighted by Gasteiger charge is -2.17. The molecule has 2 amide bonds. The maximum atomic E-state index is 14.7. The van der Waals surface area contributed by atoms with Crippen LogP contribution in [0.4, 0.5) is 5.69 Å². The third-order valence-electron chi connectivity index (χ3n) is 9.38. The number of amides is 2. The normalized spacial score (nSPS) is 12.7. The van der Waals surface area contributed by atoms with Crippen LogP contribution in [0.2, 0.25) is 0 Å². The minimum Gasteiger partial charge on any atom is -0.307 e. The molecule has 0 N–H and O–H groups in total. The highest BCUT2D eigenvalue weighted by Crippen LogP contribution is 2.43. The van der Waals surface area contributed by atoms with Crippen molar-refractivity contribution in [2.24, 2.45) is 0 Å². The van der Waals surface area contributed by atoms with Crippen molar-refractivity contribution in [2.75, 3.05) is 4.90 Å². The maximum absolute atomic E-state index is 14.7. The number of carbonyl (C=O) groups excluding carboxylic acids is 2. The van der Waals surface area contributed by atoms with Crippen molar-refractivity contribution in [3.8, 4) is 39.6 Å². The Labute approximate surface area is 298 Å². The number of hydrogen-bond donors (Lipinski definition) is 0. The number of hydrogen-bond acceptors (Lipinski definition) is 8. The molecule has 3 aromatic heterocycles. The van der Waals surface area contributed by atoms with Gasteiger partial charge in [-0.1, -0.05) is 72.8 Å². The fourth-order valence-corrected chi connectivity index (χ4v) is 7.31. The summed E-state index contributed by atoms with van der Waals surface area (Å²) in [5.41, 5.74) is 6.74. The lowest BCUT2D eigenvalue weighted by Crippen LogP contribution is -2.29. The van der Waals surface area contributed by atoms with E-state index in [1.54, 1.807) is 6.07 Å². The SMILES string of the molecule is Cc1nc(C)nc(-c2cccc3c4cccc(-c5nc(C)nc(C)n5)c4n(-c4cccc5c4C(=O)N(c4ccc(-c6ccccc6)cc4)C5=O)c23)n1. The number of aromatic nitrogens is 7. The van der Waals surface area contributed by atoms with E-state index in [1.165, 1.54) is 4.90 Å². The van der Waals surface area contributed by atoms with Crippen LogP contribution >= 0.6 is 0 Å². The van der Waals surface area contributed by atoms with E-state index in [0.717, 1.165) is 44.1 Å². The Hall–Kier alpha value is -6.94. The zero-order chi connectivity index (χ0) is 35.7. The molecule has 5 aromatic carbocycles. The molecule has 10 heteroatoms. The summed E-state index contributed by atoms with van der Waals surface area (Å²) in [6.45, 7) is 7.36. The smallest absolute Gasteiger partial charge is 0.268 e. The monoisotopic (exact) mass is 678 g/mol. The Kier molecular flexibility index (Phi) is 7.08. The van der Waals surface area contributed by atoms with Gasteiger partial charge in [-0.2, -0.15) is 0 Å². The molecule has 52 heavy (non-hydrogen) atoms. The predicted molar refractivity (Wildman–Crippen MR) is 200 cm³/mol. The molecule has 0 bridgehead atoms. The van der Waals surface area contributed by atoms with Gasteiger partial charge in [0.2, 0.25) is 0 Å². The second-order valence-corrected chi connectivity index (χ2v) is 12.8. The first-order valence-electron chi connectivity index (χ1n) is 16.9. The summed E-state index contributed by atoms with van der Waals surface area (Å²) in [5, 5.41) is 1.82. The van der Waals surface area contributed by atoms with E-state index in [0.29, 0.717) is 57.4 Å². The minimum absolute atomic E-state index is 0.300. The third-order valence-corrected chi connectivity index (χ3v) is 9.38. The molecule has 10 nitrogen and oxygen atoms in total. The summed E-state index contributed by atoms with van der Waals surface area (Å²) in [4.78, 5) is 57.9. The van der Waals surface area contributed by atoms with E-state index in [1.807, 2.05) is 135 Å². The van der Waals surface area contributed by atoms with Gasteiger partial charge in [-0.05, 0) is 75.2 Å². The topological polar surface area (TPSA) is 120 Å². The molecule has 1 aliphatic rings. The van der Waals surface area contributed by atoms with Crippen LogP contribution in [0.1, 0.15) is 44.0 Å². The fourth-order valence-electron chi connectivity index (χ4n) is 7.31. The number of aryl methyl sites for hydroxylation is 4. The second-order valence-electron chi connectivity index (χ2n) is 12.8. The van der Waals surface area contributed by atoms with Crippen LogP contribution in [0.15, 0.2) is 109 Å². The Morgan fingerprint density at radius 1 is 0.442 bits per heavy atom. The molecule has 8 aromatic rings. The van der Waals surface area contributed by atoms with Crippen molar-refractivity contribution < 1.29 is 9.59 Å². The summed E-state index contributed by atoms with van der Waals surface area (Å²) in [6, 6.07) is 34.9. The summed E-state index contributed by atoms with van der Waals surface area (Å²) in [5.74, 6) is 2.58. The Morgan fingerprint density at radius 3 is 1.46 bits per heavy atom. The highest BCUT2D eigenvalue weighted by molar-refractivity contribution is 6.36. The molecule has 0 fully saturated rings. The maximum Gasteiger partial charge on any atom is 0.268 e. The summed E-state index contributed by atoms with van der Waals surface area (Å²) in [7, 11) is 0. The zero-order valence-corrected chi connectivity index (χ0v) is 28.8. The molecular formula is C42H30N8O2. The molecule has 1 aliphatic heterocycles. The van der Waals surface area contributed by atoms with Crippen LogP contribution in [-0.4, -0.2) is 46.3 Å². The first kappa shape index (κ1) is 31.1. The molecule has 4 heterocycles. The minimum atomic E-state index is -0.410. The van der Waals surface area contributed by atoms with Crippen molar-refractivity contribution in [2.45, 2.75) is 27.7 Å². The van der Waals surface area contributed by atoms with Gasteiger partial charge in [-0.3, -0.25) is 9.59 Å². The Bertz CT molecular complexity index is 2620. The van der Waals surface area contributed by atoms with Crippen molar-refractivity contribution in [3.63, 3.8) is 0 Å². The molecule has 0 spiro atoms. The van der Waals surface area contributed by atoms with Crippen LogP contribution in [0.3, 0.4) is 0 Å². The summed E-state index contributed by atoms with van der Waals surface area (Å²) >= 11 is 0. The third kappa shape index (κ3) is 4.87. The van der Waals surface area contributed by atoms with Crippen molar-refractivity contribution >= 4 is 39.3 Å². The van der Waals surface area contributed by atoms with Crippen molar-refractivity contribution in [1.82, 2.24) is 34.5 Å². The number of para-hydroxylation sites is 2. The van der Waals surface area contributed by atoms with Crippen LogP contribution < -0.4 is 4.90 Å². The number of anilines is 1. The average Bonchev–Trinajstić information content (AvgIpc) is 3.62. The molecule has 9 rings (SSSR count). The van der Waals surface area contributed by atoms with Gasteiger partial charge in [-0.25, -0.2) is 34.8 Å². The molecule has 0 radical (unpaired) electrons. The van der Waals surface area contributed by atoms with E-state index in [4.69, 9.17) is 19.9 Å². The second kappa shape index (κ2) is 11.8. The molecule has 0 atom stereocenters. The van der Waals surface area contributed by atoms with Crippen LogP contribution in [-0.2, 0) is 0 Å². The molecule has 250 valence electrons. The van der Waals surface area contributed by atoms with Gasteiger partial charge in [-0.15, -0.1) is 0 Å². The lowest BCUT2D eigenvalue weighted by atomic mass is 10.1. The molecular weight excluding hydrogens is 649 g/mol. The lowest BCUT2D eigenvalue weighted by molar-refractivity contribution is 0.0926. The van der Waals surface area contributed by atoms with Gasteiger partial charge in [0.15, 0.2) is 11.6 Å². The predicted octanol–water partition coefficient (Wildman–Crippen LogP) is 8.19. The van der Waals surface area contributed by atoms with E-state index >= 15 is 0 Å². The van der Waals surface area contributed by atoms with E-state index < -0.39 is 5.91 Å². The number of carbonyl (C=O) groups is 2. The van der Waals surface area contributed by atoms with E-state index in [-0.39, 0.29) is 5.91 Å². The van der Waals surface area contributed by atoms with Gasteiger partial charge in [0.25, 0.3) is 11.8 Å². The van der Waals surface area contributed by atoms with Gasteiger partial charge >= 0.3 is 0 Å². The first-order valence-corrected chi connectivity index (χ1v) is 16.9. The largest absolute Gasteiger partial charge is 0.307 e. The quantitative estimate of drug-likeness (QED) is 0.167. The highest BCUT2D eigenvalue weighted by Gasteiger charge is 2.39. The van der Waals surface area contributed by atoms with Gasteiger partial charge in [0.05, 0.1) is 33.5 Å². The highest BCUT2D eigenvalue weighted by atomic mass is 16.2. The van der Waals surface area contributed by atoms with Crippen LogP contribution in [0, 0.1) is 27.7 Å². The molecule has 0 saturated carbocycles. The number of rotatable bonds is 5. The molecule has 0 saturated heterocycles. The van der Waals surface area contributed by atoms with Gasteiger partial charge in [0, 0.05) is 21.9 Å². The average molecular weight is 679 g/mol. The number of nitrogens with zero attached hydrogens (tertiary/aromatic N) is 8. The van der Waals surface area contributed by atoms with Crippen molar-refractivity contribution in [1.29, 1.82) is 0 Å². The van der Waals surface area contributed by atoms with Gasteiger partial charge < -0.3 is 4.57 Å². The Morgan fingerprint density at radius 2 is 0.923 bits per heavy atom. The van der Waals surface area contributed by atoms with Crippen LogP contribution in [0.5, 0.6) is 0 Å². The number of imide groups is 1. The Balaban J connectivity index is 1.32. The fraction of sp³-hybridized carbons (Fsp3) is 0.0952. The standard InChI is InChI=1S/C42H30N8O2/c1-23-43-24(2)46-39(45-23)33-16-8-13-30-31-14-9-17-34(40-47-25(3)44-26(4)48-40)38(31)50(37(30)33)35-18-10-15-32-36(35)42(52)49(41(32)51)29-21-19-28(20-22-29)27-11-6-5-7-12-27/h5-22H,1-4H3. The molecule has 0 aliphatic carbocycles. The zero-order valence-electron chi connectivity index (χ0n) is 28.8. The number of fused-ring (bicyclic) bond motifs is 4. The van der Waals surface area contributed by atoms with Crippen LogP contribution in [0.25, 0.3) is 61.4 Å². The first-order chi connectivity index (χ1) is 25.3. The van der Waals surface area contributed by atoms with Gasteiger partial charge in [0.1, 0.15) is 23.3 Å². The summed E-state index contributed by atoms with van der Waals surface area (Å²) in [6.07, 6.45) is 0. The van der Waals surface area contributed by atoms with Crippen molar-refractivity contribution in [3.05, 3.63) is 144 Å². The van der Waals surface area contributed by atoms with E-state index in [9.17, 15) is 9.59 Å². The van der Waals surface area contributed by atoms with E-state index in [2.05, 4.69) is 9.97 Å².